The summed E-state index contributed by atoms with van der Waals surface area (Å²) in [6.07, 6.45) is 6.00. The highest BCUT2D eigenvalue weighted by Crippen LogP contribution is 2.38. The highest BCUT2D eigenvalue weighted by molar-refractivity contribution is 5.95. The summed E-state index contributed by atoms with van der Waals surface area (Å²) >= 11 is 0. The molecule has 0 fully saturated rings. The van der Waals surface area contributed by atoms with Gasteiger partial charge in [-0.15, -0.1) is 6.58 Å². The summed E-state index contributed by atoms with van der Waals surface area (Å²) < 4.78 is 7.49. The van der Waals surface area contributed by atoms with Crippen molar-refractivity contribution in [2.75, 3.05) is 11.9 Å². The minimum absolute atomic E-state index is 0.000946. The van der Waals surface area contributed by atoms with Gasteiger partial charge < -0.3 is 10.1 Å². The summed E-state index contributed by atoms with van der Waals surface area (Å²) in [7, 11) is 0. The Labute approximate surface area is 141 Å². The number of amides is 1. The van der Waals surface area contributed by atoms with Crippen LogP contribution < -0.4 is 10.1 Å². The number of hydrogen-bond donors (Lipinski definition) is 1. The monoisotopic (exact) mass is 323 g/mol. The molecule has 2 aromatic rings. The Morgan fingerprint density at radius 3 is 3.12 bits per heavy atom. The molecule has 3 rings (SSSR count). The third-order valence-corrected chi connectivity index (χ3v) is 3.92. The summed E-state index contributed by atoms with van der Waals surface area (Å²) in [5, 5.41) is 7.26. The molecule has 5 nitrogen and oxygen atoms in total. The number of nitrogens with zero attached hydrogens (tertiary/aromatic N) is 2. The normalized spacial score (nSPS) is 16.2. The third-order valence-electron chi connectivity index (χ3n) is 3.92. The Morgan fingerprint density at radius 1 is 1.54 bits per heavy atom. The van der Waals surface area contributed by atoms with Crippen LogP contribution in [0.2, 0.25) is 0 Å². The number of fused-ring (bicyclic) bond motifs is 1. The molecule has 0 saturated heterocycles. The fourth-order valence-corrected chi connectivity index (χ4v) is 2.83. The molecule has 1 N–H and O–H groups in total. The summed E-state index contributed by atoms with van der Waals surface area (Å²) in [5.41, 5.74) is 3.86. The minimum Gasteiger partial charge on any atom is -0.489 e. The average molecular weight is 323 g/mol. The molecule has 1 aliphatic heterocycles. The molecule has 1 amide bonds. The van der Waals surface area contributed by atoms with Crippen molar-refractivity contribution in [2.45, 2.75) is 25.8 Å². The predicted molar refractivity (Wildman–Crippen MR) is 94.3 cm³/mol. The second-order valence-electron chi connectivity index (χ2n) is 6.08. The van der Waals surface area contributed by atoms with E-state index in [1.807, 2.05) is 42.2 Å². The Balaban J connectivity index is 1.89. The standard InChI is InChI=1S/C19H21N3O2/c1-4-7-22-11-14(10-20-22)17-9-19(23)21-18-8-15(5-6-16(17)18)24-12-13(2)3/h4-6,8,10-11,17H,1-2,7,9,12H2,3H3,(H,21,23)/t17-/m0/s1. The lowest BCUT2D eigenvalue weighted by molar-refractivity contribution is -0.116. The number of hydrogen-bond acceptors (Lipinski definition) is 3. The first-order valence-corrected chi connectivity index (χ1v) is 7.91. The first-order valence-electron chi connectivity index (χ1n) is 7.91. The molecule has 1 aromatic carbocycles. The summed E-state index contributed by atoms with van der Waals surface area (Å²) in [6.45, 7) is 10.6. The van der Waals surface area contributed by atoms with Crippen molar-refractivity contribution < 1.29 is 9.53 Å². The predicted octanol–water partition coefficient (Wildman–Crippen LogP) is 3.50. The first kappa shape index (κ1) is 16.1. The van der Waals surface area contributed by atoms with Crippen LogP contribution in [0.4, 0.5) is 5.69 Å². The molecule has 0 saturated carbocycles. The van der Waals surface area contributed by atoms with E-state index in [0.717, 1.165) is 28.1 Å². The van der Waals surface area contributed by atoms with Crippen LogP contribution in [0.1, 0.15) is 30.4 Å². The molecule has 0 unspecified atom stereocenters. The maximum Gasteiger partial charge on any atom is 0.225 e. The van der Waals surface area contributed by atoms with Crippen LogP contribution in [0.5, 0.6) is 5.75 Å². The van der Waals surface area contributed by atoms with E-state index in [9.17, 15) is 4.79 Å². The highest BCUT2D eigenvalue weighted by atomic mass is 16.5. The number of carbonyl (C=O) groups is 1. The zero-order valence-corrected chi connectivity index (χ0v) is 13.8. The number of nitrogens with one attached hydrogen (secondary N) is 1. The molecule has 1 atom stereocenters. The van der Waals surface area contributed by atoms with Gasteiger partial charge in [0.05, 0.1) is 12.7 Å². The van der Waals surface area contributed by atoms with Gasteiger partial charge in [-0.2, -0.15) is 5.10 Å². The van der Waals surface area contributed by atoms with E-state index in [0.29, 0.717) is 19.6 Å². The van der Waals surface area contributed by atoms with Gasteiger partial charge in [0.15, 0.2) is 0 Å². The number of carbonyl (C=O) groups excluding carboxylic acids is 1. The van der Waals surface area contributed by atoms with Crippen LogP contribution in [0.3, 0.4) is 0 Å². The molecule has 1 aliphatic rings. The van der Waals surface area contributed by atoms with Crippen molar-refractivity contribution >= 4 is 11.6 Å². The molecule has 124 valence electrons. The van der Waals surface area contributed by atoms with Crippen LogP contribution in [0.15, 0.2) is 55.4 Å². The fraction of sp³-hybridized carbons (Fsp3) is 0.263. The molecular formula is C19H21N3O2. The lowest BCUT2D eigenvalue weighted by Gasteiger charge is -2.25. The molecule has 0 aliphatic carbocycles. The second-order valence-corrected chi connectivity index (χ2v) is 6.08. The molecule has 24 heavy (non-hydrogen) atoms. The van der Waals surface area contributed by atoms with Gasteiger partial charge in [-0.1, -0.05) is 18.7 Å². The average Bonchev–Trinajstić information content (AvgIpc) is 3.00. The van der Waals surface area contributed by atoms with Crippen molar-refractivity contribution in [2.24, 2.45) is 0 Å². The molecule has 0 bridgehead atoms. The highest BCUT2D eigenvalue weighted by Gasteiger charge is 2.27. The first-order chi connectivity index (χ1) is 11.6. The van der Waals surface area contributed by atoms with E-state index < -0.39 is 0 Å². The summed E-state index contributed by atoms with van der Waals surface area (Å²) in [4.78, 5) is 12.1. The van der Waals surface area contributed by atoms with Crippen molar-refractivity contribution in [3.63, 3.8) is 0 Å². The van der Waals surface area contributed by atoms with Crippen LogP contribution in [0.25, 0.3) is 0 Å². The van der Waals surface area contributed by atoms with E-state index in [1.165, 1.54) is 0 Å². The van der Waals surface area contributed by atoms with Gasteiger partial charge >= 0.3 is 0 Å². The number of allylic oxidation sites excluding steroid dienone is 1. The van der Waals surface area contributed by atoms with E-state index in [2.05, 4.69) is 23.6 Å². The molecular weight excluding hydrogens is 302 g/mol. The van der Waals surface area contributed by atoms with Crippen LogP contribution in [0, 0.1) is 0 Å². The fourth-order valence-electron chi connectivity index (χ4n) is 2.83. The lowest BCUT2D eigenvalue weighted by Crippen LogP contribution is -2.23. The zero-order valence-electron chi connectivity index (χ0n) is 13.8. The SMILES string of the molecule is C=CCn1cc([C@@H]2CC(=O)Nc3cc(OCC(=C)C)ccc32)cn1. The van der Waals surface area contributed by atoms with E-state index in [4.69, 9.17) is 4.74 Å². The Kier molecular flexibility index (Phi) is 4.51. The van der Waals surface area contributed by atoms with Crippen LogP contribution >= 0.6 is 0 Å². The lowest BCUT2D eigenvalue weighted by atomic mass is 9.86. The van der Waals surface area contributed by atoms with Gasteiger partial charge in [-0.25, -0.2) is 0 Å². The quantitative estimate of drug-likeness (QED) is 0.828. The van der Waals surface area contributed by atoms with Crippen molar-refractivity contribution in [3.8, 4) is 5.75 Å². The van der Waals surface area contributed by atoms with Crippen LogP contribution in [-0.4, -0.2) is 22.3 Å². The Morgan fingerprint density at radius 2 is 2.38 bits per heavy atom. The van der Waals surface area contributed by atoms with Gasteiger partial charge in [0, 0.05) is 30.3 Å². The van der Waals surface area contributed by atoms with E-state index in [1.54, 1.807) is 6.08 Å². The van der Waals surface area contributed by atoms with Gasteiger partial charge in [0.2, 0.25) is 5.91 Å². The zero-order chi connectivity index (χ0) is 17.1. The van der Waals surface area contributed by atoms with Gasteiger partial charge in [-0.05, 0) is 29.7 Å². The van der Waals surface area contributed by atoms with Crippen molar-refractivity contribution in [1.29, 1.82) is 0 Å². The molecule has 0 radical (unpaired) electrons. The third kappa shape index (κ3) is 3.40. The van der Waals surface area contributed by atoms with Crippen molar-refractivity contribution in [3.05, 3.63) is 66.5 Å². The van der Waals surface area contributed by atoms with E-state index >= 15 is 0 Å². The van der Waals surface area contributed by atoms with Gasteiger partial charge in [0.1, 0.15) is 12.4 Å². The summed E-state index contributed by atoms with van der Waals surface area (Å²) in [5.74, 6) is 0.726. The number of aromatic nitrogens is 2. The minimum atomic E-state index is 0.000946. The topological polar surface area (TPSA) is 56.2 Å². The smallest absolute Gasteiger partial charge is 0.225 e. The van der Waals surface area contributed by atoms with Gasteiger partial charge in [0.25, 0.3) is 0 Å². The maximum atomic E-state index is 12.1. The number of rotatable bonds is 6. The number of ether oxygens (including phenoxy) is 1. The van der Waals surface area contributed by atoms with Crippen LogP contribution in [-0.2, 0) is 11.3 Å². The number of anilines is 1. The largest absolute Gasteiger partial charge is 0.489 e. The molecule has 1 aromatic heterocycles. The molecule has 5 heteroatoms. The number of benzene rings is 1. The maximum absolute atomic E-state index is 12.1. The van der Waals surface area contributed by atoms with E-state index in [-0.39, 0.29) is 11.8 Å². The van der Waals surface area contributed by atoms with Gasteiger partial charge in [-0.3, -0.25) is 9.48 Å². The Bertz CT molecular complexity index is 792. The molecule has 0 spiro atoms. The molecule has 2 heterocycles. The Hall–Kier alpha value is -2.82. The van der Waals surface area contributed by atoms with Crippen molar-refractivity contribution in [1.82, 2.24) is 9.78 Å². The second kappa shape index (κ2) is 6.74. The summed E-state index contributed by atoms with van der Waals surface area (Å²) in [6, 6.07) is 5.81.